The van der Waals surface area contributed by atoms with Crippen molar-refractivity contribution < 1.29 is 9.59 Å². The molecule has 1 aliphatic rings. The third-order valence-corrected chi connectivity index (χ3v) is 6.97. The summed E-state index contributed by atoms with van der Waals surface area (Å²) in [6.45, 7) is 4.14. The van der Waals surface area contributed by atoms with Crippen molar-refractivity contribution in [2.45, 2.75) is 20.3 Å². The lowest BCUT2D eigenvalue weighted by Gasteiger charge is -2.05. The first-order valence-electron chi connectivity index (χ1n) is 9.99. The summed E-state index contributed by atoms with van der Waals surface area (Å²) >= 11 is 1.59. The number of amides is 2. The lowest BCUT2D eigenvalue weighted by Crippen LogP contribution is -2.22. The van der Waals surface area contributed by atoms with Crippen LogP contribution in [0.3, 0.4) is 0 Å². The number of hydrogen-bond donors (Lipinski definition) is 1. The number of nitrogens with zero attached hydrogens (tertiary/aromatic N) is 1. The monoisotopic (exact) mass is 424 g/mol. The van der Waals surface area contributed by atoms with Crippen LogP contribution in [0.2, 0.25) is 0 Å². The zero-order valence-corrected chi connectivity index (χ0v) is 18.3. The fourth-order valence-corrected chi connectivity index (χ4v) is 5.33. The van der Waals surface area contributed by atoms with E-state index in [0.29, 0.717) is 17.6 Å². The van der Waals surface area contributed by atoms with Crippen molar-refractivity contribution in [3.05, 3.63) is 69.7 Å². The molecule has 0 atom stereocenters. The predicted octanol–water partition coefficient (Wildman–Crippen LogP) is 4.75. The minimum absolute atomic E-state index is 0.348. The SMILES string of the molecule is C#CCc1ccc2c(C3=C(c4csc5cc(C)c(C)cc45)C(=O)NC3=O)cn(C)c2c1. The summed E-state index contributed by atoms with van der Waals surface area (Å²) in [7, 11) is 1.94. The number of aryl methyl sites for hydroxylation is 3. The van der Waals surface area contributed by atoms with Gasteiger partial charge in [-0.05, 0) is 48.7 Å². The highest BCUT2D eigenvalue weighted by atomic mass is 32.1. The van der Waals surface area contributed by atoms with Crippen LogP contribution in [0.15, 0.2) is 41.9 Å². The van der Waals surface area contributed by atoms with Gasteiger partial charge in [-0.15, -0.1) is 23.7 Å². The second-order valence-electron chi connectivity index (χ2n) is 8.00. The Hall–Kier alpha value is -3.62. The minimum atomic E-state index is -0.358. The Morgan fingerprint density at radius 3 is 2.45 bits per heavy atom. The lowest BCUT2D eigenvalue weighted by molar-refractivity contribution is -0.122. The molecule has 0 fully saturated rings. The third kappa shape index (κ3) is 2.91. The summed E-state index contributed by atoms with van der Waals surface area (Å²) in [4.78, 5) is 25.9. The molecule has 0 bridgehead atoms. The second-order valence-corrected chi connectivity index (χ2v) is 8.91. The van der Waals surface area contributed by atoms with Crippen LogP contribution in [0.4, 0.5) is 0 Å². The molecule has 0 spiro atoms. The molecule has 2 amide bonds. The van der Waals surface area contributed by atoms with Crippen LogP contribution in [0, 0.1) is 26.2 Å². The molecule has 4 nitrogen and oxygen atoms in total. The van der Waals surface area contributed by atoms with E-state index in [-0.39, 0.29) is 11.8 Å². The molecule has 0 aliphatic carbocycles. The third-order valence-electron chi connectivity index (χ3n) is 6.02. The van der Waals surface area contributed by atoms with E-state index >= 15 is 0 Å². The zero-order chi connectivity index (χ0) is 21.9. The fourth-order valence-electron chi connectivity index (χ4n) is 4.30. The topological polar surface area (TPSA) is 51.1 Å². The van der Waals surface area contributed by atoms with E-state index < -0.39 is 0 Å². The molecule has 152 valence electrons. The highest BCUT2D eigenvalue weighted by Gasteiger charge is 2.35. The number of aromatic nitrogens is 1. The van der Waals surface area contributed by atoms with E-state index in [1.807, 2.05) is 41.4 Å². The molecule has 0 unspecified atom stereocenters. The largest absolute Gasteiger partial charge is 0.350 e. The molecule has 5 rings (SSSR count). The predicted molar refractivity (Wildman–Crippen MR) is 127 cm³/mol. The van der Waals surface area contributed by atoms with E-state index in [2.05, 4.69) is 37.2 Å². The number of fused-ring (bicyclic) bond motifs is 2. The zero-order valence-electron chi connectivity index (χ0n) is 17.5. The van der Waals surface area contributed by atoms with Gasteiger partial charge in [0.05, 0.1) is 11.1 Å². The van der Waals surface area contributed by atoms with E-state index in [4.69, 9.17) is 6.42 Å². The standard InChI is InChI=1S/C26H20N2O2S/c1-5-6-16-7-8-17-19(12-28(4)21(17)11-16)23-24(26(30)27-25(23)29)20-13-31-22-10-15(3)14(2)9-18(20)22/h1,7-13H,6H2,2-4H3,(H,27,29,30). The van der Waals surface area contributed by atoms with Gasteiger partial charge < -0.3 is 4.57 Å². The van der Waals surface area contributed by atoms with Gasteiger partial charge in [-0.2, -0.15) is 0 Å². The maximum atomic E-state index is 12.9. The molecule has 3 heterocycles. The maximum Gasteiger partial charge on any atom is 0.259 e. The Kier molecular flexibility index (Phi) is 4.35. The summed E-state index contributed by atoms with van der Waals surface area (Å²) in [6, 6.07) is 10.2. The molecular formula is C26H20N2O2S. The Morgan fingerprint density at radius 2 is 1.71 bits per heavy atom. The molecular weight excluding hydrogens is 404 g/mol. The highest BCUT2D eigenvalue weighted by molar-refractivity contribution is 7.17. The molecule has 1 N–H and O–H groups in total. The van der Waals surface area contributed by atoms with Crippen LogP contribution < -0.4 is 5.32 Å². The van der Waals surface area contributed by atoms with Gasteiger partial charge in [0.25, 0.3) is 11.8 Å². The summed E-state index contributed by atoms with van der Waals surface area (Å²) in [5.74, 6) is 1.96. The van der Waals surface area contributed by atoms with Crippen molar-refractivity contribution in [3.63, 3.8) is 0 Å². The average Bonchev–Trinajstić information content (AvgIpc) is 3.36. The van der Waals surface area contributed by atoms with Crippen LogP contribution in [0.5, 0.6) is 0 Å². The van der Waals surface area contributed by atoms with E-state index in [0.717, 1.165) is 43.2 Å². The number of thiophene rings is 1. The summed E-state index contributed by atoms with van der Waals surface area (Å²) in [6.07, 6.45) is 7.93. The molecule has 2 aromatic heterocycles. The quantitative estimate of drug-likeness (QED) is 0.381. The van der Waals surface area contributed by atoms with Crippen molar-refractivity contribution in [1.82, 2.24) is 9.88 Å². The van der Waals surface area contributed by atoms with Crippen LogP contribution in [-0.2, 0) is 23.1 Å². The first-order valence-corrected chi connectivity index (χ1v) is 10.9. The number of nitrogens with one attached hydrogen (secondary N) is 1. The number of carbonyl (C=O) groups is 2. The second kappa shape index (κ2) is 6.97. The van der Waals surface area contributed by atoms with Crippen LogP contribution in [0.25, 0.3) is 32.1 Å². The van der Waals surface area contributed by atoms with Crippen molar-refractivity contribution in [1.29, 1.82) is 0 Å². The lowest BCUT2D eigenvalue weighted by atomic mass is 9.94. The van der Waals surface area contributed by atoms with E-state index in [9.17, 15) is 9.59 Å². The van der Waals surface area contributed by atoms with Gasteiger partial charge in [-0.3, -0.25) is 14.9 Å². The number of imide groups is 1. The Labute approximate surface area is 184 Å². The minimum Gasteiger partial charge on any atom is -0.350 e. The Bertz CT molecular complexity index is 1510. The van der Waals surface area contributed by atoms with E-state index in [1.165, 1.54) is 5.56 Å². The summed E-state index contributed by atoms with van der Waals surface area (Å²) < 4.78 is 3.08. The number of benzene rings is 2. The summed E-state index contributed by atoms with van der Waals surface area (Å²) in [5.41, 5.74) is 6.82. The normalized spacial score (nSPS) is 14.0. The molecule has 2 aromatic carbocycles. The number of terminal acetylenes is 1. The van der Waals surface area contributed by atoms with Gasteiger partial charge in [0.15, 0.2) is 0 Å². The number of hydrogen-bond acceptors (Lipinski definition) is 3. The maximum absolute atomic E-state index is 12.9. The first kappa shape index (κ1) is 19.3. The fraction of sp³-hybridized carbons (Fsp3) is 0.154. The molecule has 0 saturated carbocycles. The first-order chi connectivity index (χ1) is 14.9. The summed E-state index contributed by atoms with van der Waals surface area (Å²) in [5, 5.41) is 6.42. The van der Waals surface area contributed by atoms with E-state index in [1.54, 1.807) is 11.3 Å². The van der Waals surface area contributed by atoms with Crippen LogP contribution >= 0.6 is 11.3 Å². The smallest absolute Gasteiger partial charge is 0.259 e. The molecule has 31 heavy (non-hydrogen) atoms. The average molecular weight is 425 g/mol. The molecule has 4 aromatic rings. The van der Waals surface area contributed by atoms with Gasteiger partial charge in [0.1, 0.15) is 0 Å². The number of carbonyl (C=O) groups excluding carboxylic acids is 2. The van der Waals surface area contributed by atoms with Crippen molar-refractivity contribution in [2.24, 2.45) is 7.05 Å². The van der Waals surface area contributed by atoms with Crippen molar-refractivity contribution in [3.8, 4) is 12.3 Å². The Balaban J connectivity index is 1.80. The van der Waals surface area contributed by atoms with Crippen molar-refractivity contribution in [2.75, 3.05) is 0 Å². The molecule has 1 aliphatic heterocycles. The number of rotatable bonds is 3. The van der Waals surface area contributed by atoms with Gasteiger partial charge in [0, 0.05) is 57.2 Å². The van der Waals surface area contributed by atoms with Crippen LogP contribution in [0.1, 0.15) is 27.8 Å². The molecule has 5 heteroatoms. The van der Waals surface area contributed by atoms with Gasteiger partial charge in [-0.25, -0.2) is 0 Å². The highest BCUT2D eigenvalue weighted by Crippen LogP contribution is 2.40. The molecule has 0 saturated heterocycles. The molecule has 0 radical (unpaired) electrons. The van der Waals surface area contributed by atoms with Gasteiger partial charge in [-0.1, -0.05) is 12.1 Å². The van der Waals surface area contributed by atoms with Crippen molar-refractivity contribution >= 4 is 55.3 Å². The van der Waals surface area contributed by atoms with Gasteiger partial charge >= 0.3 is 0 Å². The Morgan fingerprint density at radius 1 is 1.00 bits per heavy atom. The van der Waals surface area contributed by atoms with Gasteiger partial charge in [0.2, 0.25) is 0 Å². The van der Waals surface area contributed by atoms with Crippen LogP contribution in [-0.4, -0.2) is 16.4 Å².